The maximum Gasteiger partial charge on any atom is 0.262 e. The quantitative estimate of drug-likeness (QED) is 0.737. The maximum atomic E-state index is 13.0. The Kier molecular flexibility index (Phi) is 4.67. The summed E-state index contributed by atoms with van der Waals surface area (Å²) in [6.07, 6.45) is 4.03. The molecule has 1 aliphatic rings. The summed E-state index contributed by atoms with van der Waals surface area (Å²) >= 11 is 2.95. The first kappa shape index (κ1) is 17.4. The molecule has 1 atom stereocenters. The SMILES string of the molecule is Cc1c(C(=O)NC(C)c2cccs2)sc2nc3n(c(=O)c12)CCCCC3. The van der Waals surface area contributed by atoms with Gasteiger partial charge in [-0.15, -0.1) is 22.7 Å². The van der Waals surface area contributed by atoms with Crippen molar-refractivity contribution in [3.8, 4) is 0 Å². The van der Waals surface area contributed by atoms with Crippen LogP contribution in [0.1, 0.15) is 58.2 Å². The van der Waals surface area contributed by atoms with Crippen molar-refractivity contribution in [1.29, 1.82) is 0 Å². The summed E-state index contributed by atoms with van der Waals surface area (Å²) in [4.78, 5) is 32.9. The summed E-state index contributed by atoms with van der Waals surface area (Å²) in [6.45, 7) is 4.56. The molecule has 1 amide bonds. The van der Waals surface area contributed by atoms with Crippen LogP contribution in [0, 0.1) is 6.92 Å². The van der Waals surface area contributed by atoms with Crippen LogP contribution in [0.15, 0.2) is 22.3 Å². The summed E-state index contributed by atoms with van der Waals surface area (Å²) in [5.74, 6) is 0.728. The zero-order valence-corrected chi connectivity index (χ0v) is 16.5. The lowest BCUT2D eigenvalue weighted by atomic mass is 10.2. The number of nitrogens with one attached hydrogen (secondary N) is 1. The number of carbonyl (C=O) groups excluding carboxylic acids is 1. The summed E-state index contributed by atoms with van der Waals surface area (Å²) < 4.78 is 1.81. The molecule has 4 heterocycles. The highest BCUT2D eigenvalue weighted by molar-refractivity contribution is 7.20. The molecule has 0 bridgehead atoms. The Morgan fingerprint density at radius 2 is 2.19 bits per heavy atom. The van der Waals surface area contributed by atoms with E-state index in [0.717, 1.165) is 48.5 Å². The van der Waals surface area contributed by atoms with Gasteiger partial charge >= 0.3 is 0 Å². The predicted molar refractivity (Wildman–Crippen MR) is 106 cm³/mol. The van der Waals surface area contributed by atoms with Crippen molar-refractivity contribution >= 4 is 38.8 Å². The molecule has 0 saturated heterocycles. The molecule has 0 aromatic carbocycles. The van der Waals surface area contributed by atoms with Crippen LogP contribution in [0.4, 0.5) is 0 Å². The number of rotatable bonds is 3. The molecule has 136 valence electrons. The highest BCUT2D eigenvalue weighted by atomic mass is 32.1. The van der Waals surface area contributed by atoms with E-state index >= 15 is 0 Å². The minimum atomic E-state index is -0.133. The molecule has 1 N–H and O–H groups in total. The Labute approximate surface area is 159 Å². The van der Waals surface area contributed by atoms with Crippen LogP contribution >= 0.6 is 22.7 Å². The van der Waals surface area contributed by atoms with Crippen LogP contribution < -0.4 is 10.9 Å². The average Bonchev–Trinajstić information content (AvgIpc) is 3.18. The number of carbonyl (C=O) groups is 1. The molecular weight excluding hydrogens is 366 g/mol. The molecule has 0 aliphatic carbocycles. The van der Waals surface area contributed by atoms with E-state index in [2.05, 4.69) is 5.32 Å². The molecule has 0 fully saturated rings. The minimum Gasteiger partial charge on any atom is -0.344 e. The van der Waals surface area contributed by atoms with Gasteiger partial charge in [-0.25, -0.2) is 4.98 Å². The summed E-state index contributed by atoms with van der Waals surface area (Å²) in [5, 5.41) is 5.65. The summed E-state index contributed by atoms with van der Waals surface area (Å²) in [7, 11) is 0. The summed E-state index contributed by atoms with van der Waals surface area (Å²) in [6, 6.07) is 3.93. The van der Waals surface area contributed by atoms with Crippen molar-refractivity contribution in [3.63, 3.8) is 0 Å². The fourth-order valence-electron chi connectivity index (χ4n) is 3.50. The first-order chi connectivity index (χ1) is 12.6. The Morgan fingerprint density at radius 1 is 1.35 bits per heavy atom. The zero-order valence-electron chi connectivity index (χ0n) is 14.9. The number of hydrogen-bond acceptors (Lipinski definition) is 5. The number of nitrogens with zero attached hydrogens (tertiary/aromatic N) is 2. The van der Waals surface area contributed by atoms with Gasteiger partial charge in [-0.05, 0) is 43.7 Å². The van der Waals surface area contributed by atoms with Crippen molar-refractivity contribution in [2.24, 2.45) is 0 Å². The van der Waals surface area contributed by atoms with Crippen molar-refractivity contribution in [1.82, 2.24) is 14.9 Å². The Morgan fingerprint density at radius 3 is 2.96 bits per heavy atom. The molecule has 26 heavy (non-hydrogen) atoms. The van der Waals surface area contributed by atoms with Gasteiger partial charge in [0.05, 0.1) is 16.3 Å². The van der Waals surface area contributed by atoms with Crippen LogP contribution in [0.2, 0.25) is 0 Å². The molecular formula is C19H21N3O2S2. The van der Waals surface area contributed by atoms with Gasteiger partial charge in [0.1, 0.15) is 10.7 Å². The third-order valence-electron chi connectivity index (χ3n) is 4.94. The Hall–Kier alpha value is -1.99. The van der Waals surface area contributed by atoms with Gasteiger partial charge in [0.25, 0.3) is 11.5 Å². The number of aryl methyl sites for hydroxylation is 2. The van der Waals surface area contributed by atoms with E-state index in [0.29, 0.717) is 15.1 Å². The van der Waals surface area contributed by atoms with Gasteiger partial charge in [0.15, 0.2) is 0 Å². The van der Waals surface area contributed by atoms with E-state index in [1.54, 1.807) is 11.3 Å². The monoisotopic (exact) mass is 387 g/mol. The molecule has 7 heteroatoms. The molecule has 3 aromatic rings. The van der Waals surface area contributed by atoms with Gasteiger partial charge in [-0.3, -0.25) is 14.2 Å². The van der Waals surface area contributed by atoms with Crippen molar-refractivity contribution in [2.45, 2.75) is 52.1 Å². The normalized spacial score (nSPS) is 15.5. The Balaban J connectivity index is 1.72. The fourth-order valence-corrected chi connectivity index (χ4v) is 5.33. The maximum absolute atomic E-state index is 13.0. The molecule has 5 nitrogen and oxygen atoms in total. The second-order valence-electron chi connectivity index (χ2n) is 6.74. The fraction of sp³-hybridized carbons (Fsp3) is 0.421. The number of fused-ring (bicyclic) bond motifs is 2. The van der Waals surface area contributed by atoms with Crippen molar-refractivity contribution in [3.05, 3.63) is 49.0 Å². The molecule has 3 aromatic heterocycles. The smallest absolute Gasteiger partial charge is 0.262 e. The number of thiophene rings is 2. The third-order valence-corrected chi connectivity index (χ3v) is 7.17. The topological polar surface area (TPSA) is 64.0 Å². The lowest BCUT2D eigenvalue weighted by Gasteiger charge is -2.11. The van der Waals surface area contributed by atoms with E-state index < -0.39 is 0 Å². The van der Waals surface area contributed by atoms with Crippen LogP contribution in [0.25, 0.3) is 10.2 Å². The second kappa shape index (κ2) is 6.96. The van der Waals surface area contributed by atoms with E-state index in [-0.39, 0.29) is 17.5 Å². The molecule has 0 spiro atoms. The van der Waals surface area contributed by atoms with Crippen LogP contribution in [0.5, 0.6) is 0 Å². The highest BCUT2D eigenvalue weighted by Crippen LogP contribution is 2.29. The van der Waals surface area contributed by atoms with Crippen LogP contribution in [-0.2, 0) is 13.0 Å². The van der Waals surface area contributed by atoms with Gasteiger partial charge in [-0.2, -0.15) is 0 Å². The lowest BCUT2D eigenvalue weighted by Crippen LogP contribution is -2.26. The van der Waals surface area contributed by atoms with Crippen molar-refractivity contribution in [2.75, 3.05) is 0 Å². The number of aromatic nitrogens is 2. The minimum absolute atomic E-state index is 0.00556. The standard InChI is InChI=1S/C19H21N3O2S2/c1-11-15-18(21-14-8-4-3-5-9-22(14)19(15)24)26-16(11)17(23)20-12(2)13-7-6-10-25-13/h6-7,10,12H,3-5,8-9H2,1-2H3,(H,20,23). The molecule has 0 saturated carbocycles. The van der Waals surface area contributed by atoms with E-state index in [9.17, 15) is 9.59 Å². The molecule has 4 rings (SSSR count). The second-order valence-corrected chi connectivity index (χ2v) is 8.72. The number of amides is 1. The third kappa shape index (κ3) is 2.99. The van der Waals surface area contributed by atoms with E-state index in [1.165, 1.54) is 11.3 Å². The first-order valence-corrected chi connectivity index (χ1v) is 10.6. The zero-order chi connectivity index (χ0) is 18.3. The van der Waals surface area contributed by atoms with Gasteiger partial charge in [0, 0.05) is 17.8 Å². The molecule has 1 aliphatic heterocycles. The van der Waals surface area contributed by atoms with Gasteiger partial charge in [0.2, 0.25) is 0 Å². The summed E-state index contributed by atoms with van der Waals surface area (Å²) in [5.41, 5.74) is 0.754. The van der Waals surface area contributed by atoms with Gasteiger partial charge < -0.3 is 5.32 Å². The van der Waals surface area contributed by atoms with Crippen LogP contribution in [0.3, 0.4) is 0 Å². The largest absolute Gasteiger partial charge is 0.344 e. The van der Waals surface area contributed by atoms with Crippen molar-refractivity contribution < 1.29 is 4.79 Å². The predicted octanol–water partition coefficient (Wildman–Crippen LogP) is 4.05. The van der Waals surface area contributed by atoms with E-state index in [4.69, 9.17) is 4.98 Å². The number of hydrogen-bond donors (Lipinski definition) is 1. The van der Waals surface area contributed by atoms with E-state index in [1.807, 2.05) is 35.9 Å². The highest BCUT2D eigenvalue weighted by Gasteiger charge is 2.23. The van der Waals surface area contributed by atoms with Gasteiger partial charge in [-0.1, -0.05) is 12.5 Å². The van der Waals surface area contributed by atoms with Crippen LogP contribution in [-0.4, -0.2) is 15.5 Å². The molecule has 0 radical (unpaired) electrons. The Bertz CT molecular complexity index is 1020. The molecule has 1 unspecified atom stereocenters. The first-order valence-electron chi connectivity index (χ1n) is 8.93. The average molecular weight is 388 g/mol. The lowest BCUT2D eigenvalue weighted by molar-refractivity contribution is 0.0944.